The summed E-state index contributed by atoms with van der Waals surface area (Å²) in [6, 6.07) is 87.5. The Balaban J connectivity index is 1.22. The highest BCUT2D eigenvalue weighted by Gasteiger charge is 2.42. The normalized spacial score (nSPS) is 14.2. The zero-order valence-electron chi connectivity index (χ0n) is 37.5. The summed E-state index contributed by atoms with van der Waals surface area (Å²) in [7, 11) is 0. The van der Waals surface area contributed by atoms with E-state index in [0.29, 0.717) is 0 Å². The molecule has 65 heavy (non-hydrogen) atoms. The van der Waals surface area contributed by atoms with Crippen molar-refractivity contribution in [2.24, 2.45) is 0 Å². The minimum absolute atomic E-state index is 0.0527. The number of para-hydroxylation sites is 2. The van der Waals surface area contributed by atoms with Crippen LogP contribution in [-0.2, 0) is 10.8 Å². The van der Waals surface area contributed by atoms with Crippen molar-refractivity contribution >= 4 is 27.8 Å². The average Bonchev–Trinajstić information content (AvgIpc) is 3.63. The lowest BCUT2D eigenvalue weighted by Crippen LogP contribution is -2.22. The summed E-state index contributed by atoms with van der Waals surface area (Å²) in [4.78, 5) is 2.56. The first-order valence-electron chi connectivity index (χ1n) is 22.9. The molecular formula is C64H51N. The van der Waals surface area contributed by atoms with E-state index < -0.39 is 0 Å². The fraction of sp³-hybridized carbons (Fsp3) is 0.0938. The van der Waals surface area contributed by atoms with E-state index in [-0.39, 0.29) is 10.8 Å². The van der Waals surface area contributed by atoms with Gasteiger partial charge in [0, 0.05) is 22.1 Å². The Hall–Kier alpha value is -7.74. The highest BCUT2D eigenvalue weighted by Crippen LogP contribution is 2.57. The van der Waals surface area contributed by atoms with Gasteiger partial charge in [0.25, 0.3) is 0 Å². The lowest BCUT2D eigenvalue weighted by molar-refractivity contribution is 0.590. The molecule has 0 saturated carbocycles. The summed E-state index contributed by atoms with van der Waals surface area (Å²) < 4.78 is 0. The van der Waals surface area contributed by atoms with Crippen LogP contribution in [0.4, 0.5) is 17.1 Å². The van der Waals surface area contributed by atoms with Crippen LogP contribution in [0.15, 0.2) is 237 Å². The minimum Gasteiger partial charge on any atom is -0.309 e. The number of hydrogen-bond donors (Lipinski definition) is 0. The molecule has 0 bridgehead atoms. The number of rotatable bonds is 8. The first-order valence-corrected chi connectivity index (χ1v) is 22.9. The van der Waals surface area contributed by atoms with Crippen molar-refractivity contribution in [1.82, 2.24) is 0 Å². The van der Waals surface area contributed by atoms with Gasteiger partial charge in [0.2, 0.25) is 0 Å². The van der Waals surface area contributed by atoms with Crippen molar-refractivity contribution in [3.05, 3.63) is 259 Å². The van der Waals surface area contributed by atoms with Crippen molar-refractivity contribution < 1.29 is 0 Å². The Bertz CT molecular complexity index is 3350. The van der Waals surface area contributed by atoms with Crippen LogP contribution in [0.25, 0.3) is 66.4 Å². The molecule has 0 N–H and O–H groups in total. The molecular weight excluding hydrogens is 783 g/mol. The van der Waals surface area contributed by atoms with Crippen LogP contribution in [0.3, 0.4) is 0 Å². The highest BCUT2D eigenvalue weighted by molar-refractivity contribution is 6.10. The summed E-state index contributed by atoms with van der Waals surface area (Å²) in [5.41, 5.74) is 20.3. The zero-order chi connectivity index (χ0) is 44.1. The third kappa shape index (κ3) is 6.78. The third-order valence-electron chi connectivity index (χ3n) is 13.7. The van der Waals surface area contributed by atoms with E-state index in [0.717, 1.165) is 22.6 Å². The topological polar surface area (TPSA) is 3.24 Å². The average molecular weight is 834 g/mol. The van der Waals surface area contributed by atoms with Gasteiger partial charge in [-0.05, 0) is 109 Å². The molecule has 10 aromatic carbocycles. The van der Waals surface area contributed by atoms with Gasteiger partial charge < -0.3 is 4.90 Å². The molecule has 1 unspecified atom stereocenters. The molecule has 1 heteroatoms. The predicted molar refractivity (Wildman–Crippen MR) is 277 cm³/mol. The van der Waals surface area contributed by atoms with E-state index in [1.54, 1.807) is 0 Å². The van der Waals surface area contributed by atoms with Crippen molar-refractivity contribution in [3.63, 3.8) is 0 Å². The van der Waals surface area contributed by atoms with E-state index in [1.165, 1.54) is 83.1 Å². The molecule has 0 radical (unpaired) electrons. The van der Waals surface area contributed by atoms with Crippen molar-refractivity contribution in [1.29, 1.82) is 0 Å². The Morgan fingerprint density at radius 3 is 1.46 bits per heavy atom. The van der Waals surface area contributed by atoms with Crippen LogP contribution < -0.4 is 4.90 Å². The van der Waals surface area contributed by atoms with Crippen LogP contribution in [0.2, 0.25) is 0 Å². The third-order valence-corrected chi connectivity index (χ3v) is 13.7. The predicted octanol–water partition coefficient (Wildman–Crippen LogP) is 17.6. The maximum absolute atomic E-state index is 2.56. The van der Waals surface area contributed by atoms with Crippen molar-refractivity contribution in [2.75, 3.05) is 4.90 Å². The second-order valence-corrected chi connectivity index (χ2v) is 18.6. The summed E-state index contributed by atoms with van der Waals surface area (Å²) in [6.07, 6.45) is 0. The van der Waals surface area contributed by atoms with E-state index in [4.69, 9.17) is 0 Å². The highest BCUT2D eigenvalue weighted by atomic mass is 15.1. The molecule has 0 heterocycles. The van der Waals surface area contributed by atoms with Gasteiger partial charge in [-0.25, -0.2) is 0 Å². The molecule has 1 nitrogen and oxygen atoms in total. The van der Waals surface area contributed by atoms with Gasteiger partial charge in [0.1, 0.15) is 0 Å². The summed E-state index contributed by atoms with van der Waals surface area (Å²) in [6.45, 7) is 9.32. The summed E-state index contributed by atoms with van der Waals surface area (Å²) in [5.74, 6) is 0. The van der Waals surface area contributed by atoms with Crippen LogP contribution in [-0.4, -0.2) is 0 Å². The first-order chi connectivity index (χ1) is 31.8. The Kier molecular flexibility index (Phi) is 9.93. The fourth-order valence-electron chi connectivity index (χ4n) is 10.5. The van der Waals surface area contributed by atoms with Gasteiger partial charge in [-0.15, -0.1) is 0 Å². The van der Waals surface area contributed by atoms with E-state index in [2.05, 4.69) is 269 Å². The van der Waals surface area contributed by atoms with Gasteiger partial charge >= 0.3 is 0 Å². The SMILES string of the molecule is CC(C)(C)c1ccc(N(c2ccccc2-c2cccc3c2-c2ccccc2C3(C)c2ccccc2)c2ccccc2-c2cccc3cccc(-c4ccccc4)c23)c(-c2ccccc2)c1. The zero-order valence-corrected chi connectivity index (χ0v) is 37.5. The van der Waals surface area contributed by atoms with E-state index in [1.807, 2.05) is 0 Å². The number of nitrogens with zero attached hydrogens (tertiary/aromatic N) is 1. The molecule has 1 aliphatic carbocycles. The second kappa shape index (κ2) is 16.1. The molecule has 312 valence electrons. The largest absolute Gasteiger partial charge is 0.309 e. The van der Waals surface area contributed by atoms with Gasteiger partial charge in [-0.3, -0.25) is 0 Å². The number of anilines is 3. The van der Waals surface area contributed by atoms with Gasteiger partial charge in [-0.1, -0.05) is 233 Å². The van der Waals surface area contributed by atoms with Gasteiger partial charge in [0.05, 0.1) is 17.1 Å². The first kappa shape index (κ1) is 40.1. The molecule has 0 aromatic heterocycles. The lowest BCUT2D eigenvalue weighted by atomic mass is 9.74. The maximum Gasteiger partial charge on any atom is 0.0540 e. The number of fused-ring (bicyclic) bond motifs is 4. The van der Waals surface area contributed by atoms with Crippen LogP contribution in [0.1, 0.15) is 49.9 Å². The van der Waals surface area contributed by atoms with Crippen LogP contribution >= 0.6 is 0 Å². The van der Waals surface area contributed by atoms with E-state index >= 15 is 0 Å². The number of benzene rings is 10. The summed E-state index contributed by atoms with van der Waals surface area (Å²) >= 11 is 0. The van der Waals surface area contributed by atoms with Crippen LogP contribution in [0.5, 0.6) is 0 Å². The fourth-order valence-corrected chi connectivity index (χ4v) is 10.5. The molecule has 0 saturated heterocycles. The van der Waals surface area contributed by atoms with Gasteiger partial charge in [-0.2, -0.15) is 0 Å². The number of hydrogen-bond acceptors (Lipinski definition) is 1. The molecule has 11 rings (SSSR count). The lowest BCUT2D eigenvalue weighted by Gasteiger charge is -2.33. The quantitative estimate of drug-likeness (QED) is 0.147. The summed E-state index contributed by atoms with van der Waals surface area (Å²) in [5, 5.41) is 2.45. The molecule has 10 aromatic rings. The Morgan fingerprint density at radius 1 is 0.354 bits per heavy atom. The standard InChI is InChI=1S/C64H51N/c1-63(2,3)48-41-42-60(55(43-48)45-25-10-6-11-26-45)65(58-39-18-15-31-50(58)52-35-21-28-46-27-20-34-49(61(46)52)44-23-8-5-9-24-44)59-40-19-16-32-51(59)53-36-22-38-57-62(53)54-33-14-17-37-56(54)64(57,4)47-29-12-7-13-30-47/h5-43H,1-4H3. The Labute approximate surface area is 384 Å². The molecule has 1 aliphatic rings. The van der Waals surface area contributed by atoms with Crippen molar-refractivity contribution in [3.8, 4) is 55.6 Å². The molecule has 1 atom stereocenters. The molecule has 0 fully saturated rings. The monoisotopic (exact) mass is 833 g/mol. The van der Waals surface area contributed by atoms with Gasteiger partial charge in [0.15, 0.2) is 0 Å². The molecule has 0 spiro atoms. The minimum atomic E-state index is -0.321. The molecule has 0 aliphatic heterocycles. The second-order valence-electron chi connectivity index (χ2n) is 18.6. The Morgan fingerprint density at radius 2 is 0.815 bits per heavy atom. The molecule has 0 amide bonds. The smallest absolute Gasteiger partial charge is 0.0540 e. The van der Waals surface area contributed by atoms with Crippen molar-refractivity contribution in [2.45, 2.75) is 38.5 Å². The van der Waals surface area contributed by atoms with Crippen LogP contribution in [0, 0.1) is 0 Å². The van der Waals surface area contributed by atoms with E-state index in [9.17, 15) is 0 Å². The maximum atomic E-state index is 2.56.